The van der Waals surface area contributed by atoms with Crippen molar-refractivity contribution in [3.05, 3.63) is 26.4 Å². The van der Waals surface area contributed by atoms with Gasteiger partial charge in [0.05, 0.1) is 5.56 Å². The number of hydrogen-bond donors (Lipinski definition) is 0. The number of hydrogen-bond acceptors (Lipinski definition) is 1. The Kier molecular flexibility index (Phi) is 4.06. The third-order valence-corrected chi connectivity index (χ3v) is 3.06. The molecule has 1 aromatic heterocycles. The molecular weight excluding hydrogens is 331 g/mol. The van der Waals surface area contributed by atoms with E-state index in [4.69, 9.17) is 11.6 Å². The topological polar surface area (TPSA) is 12.9 Å². The Hall–Kier alpha value is 0.260. The molecule has 0 fully saturated rings. The largest absolute Gasteiger partial charge is 0.266 e. The summed E-state index contributed by atoms with van der Waals surface area (Å²) in [5.74, 6) is 0.0291. The molecule has 0 aliphatic carbocycles. The van der Waals surface area contributed by atoms with Gasteiger partial charge in [-0.1, -0.05) is 0 Å². The summed E-state index contributed by atoms with van der Waals surface area (Å²) < 4.78 is 25.7. The smallest absolute Gasteiger partial charge is 0.248 e. The number of alkyl halides is 3. The SMILES string of the molecule is FC(F)c1c(Br)ncc(Br)c1CCl. The van der Waals surface area contributed by atoms with Crippen molar-refractivity contribution < 1.29 is 8.78 Å². The number of halogens is 5. The average molecular weight is 335 g/mol. The Labute approximate surface area is 95.8 Å². The first-order valence-corrected chi connectivity index (χ1v) is 5.36. The lowest BCUT2D eigenvalue weighted by Crippen LogP contribution is -1.97. The van der Waals surface area contributed by atoms with Crippen molar-refractivity contribution in [2.45, 2.75) is 12.3 Å². The van der Waals surface area contributed by atoms with E-state index in [0.717, 1.165) is 0 Å². The fourth-order valence-corrected chi connectivity index (χ4v) is 2.29. The van der Waals surface area contributed by atoms with Gasteiger partial charge in [0.25, 0.3) is 6.43 Å². The Balaban J connectivity index is 3.35. The average Bonchev–Trinajstić information content (AvgIpc) is 2.07. The van der Waals surface area contributed by atoms with Gasteiger partial charge in [0.15, 0.2) is 0 Å². The van der Waals surface area contributed by atoms with Crippen LogP contribution in [0.25, 0.3) is 0 Å². The first kappa shape index (κ1) is 11.3. The van der Waals surface area contributed by atoms with E-state index in [0.29, 0.717) is 10.0 Å². The van der Waals surface area contributed by atoms with Crippen LogP contribution in [-0.2, 0) is 5.88 Å². The molecular formula is C7H4Br2ClF2N. The molecule has 0 radical (unpaired) electrons. The Morgan fingerprint density at radius 1 is 1.46 bits per heavy atom. The van der Waals surface area contributed by atoms with Crippen molar-refractivity contribution >= 4 is 43.5 Å². The standard InChI is InChI=1S/C7H4Br2ClF2N/c8-4-2-13-6(9)5(7(11)12)3(4)1-10/h2,7H,1H2. The fourth-order valence-electron chi connectivity index (χ4n) is 0.872. The molecule has 72 valence electrons. The fraction of sp³-hybridized carbons (Fsp3) is 0.286. The maximum absolute atomic E-state index is 12.5. The molecule has 0 bridgehead atoms. The van der Waals surface area contributed by atoms with Crippen LogP contribution >= 0.6 is 43.5 Å². The van der Waals surface area contributed by atoms with Gasteiger partial charge >= 0.3 is 0 Å². The van der Waals surface area contributed by atoms with Crippen LogP contribution in [0, 0.1) is 0 Å². The molecule has 0 unspecified atom stereocenters. The summed E-state index contributed by atoms with van der Waals surface area (Å²) >= 11 is 11.6. The zero-order valence-electron chi connectivity index (χ0n) is 6.20. The monoisotopic (exact) mass is 333 g/mol. The molecule has 0 aliphatic rings. The molecule has 0 amide bonds. The lowest BCUT2D eigenvalue weighted by atomic mass is 10.2. The van der Waals surface area contributed by atoms with Gasteiger partial charge in [0.1, 0.15) is 4.60 Å². The van der Waals surface area contributed by atoms with Gasteiger partial charge < -0.3 is 0 Å². The molecule has 0 aromatic carbocycles. The summed E-state index contributed by atoms with van der Waals surface area (Å²) in [7, 11) is 0. The predicted octanol–water partition coefficient (Wildman–Crippen LogP) is 4.28. The highest BCUT2D eigenvalue weighted by molar-refractivity contribution is 9.11. The second-order valence-electron chi connectivity index (χ2n) is 2.22. The van der Waals surface area contributed by atoms with Gasteiger partial charge in [0.2, 0.25) is 0 Å². The second kappa shape index (κ2) is 4.66. The van der Waals surface area contributed by atoms with Gasteiger partial charge in [-0.05, 0) is 37.4 Å². The molecule has 0 N–H and O–H groups in total. The first-order valence-electron chi connectivity index (χ1n) is 3.24. The molecule has 0 saturated carbocycles. The van der Waals surface area contributed by atoms with Crippen LogP contribution in [0.4, 0.5) is 8.78 Å². The highest BCUT2D eigenvalue weighted by atomic mass is 79.9. The minimum Gasteiger partial charge on any atom is -0.248 e. The number of aromatic nitrogens is 1. The third kappa shape index (κ3) is 2.39. The van der Waals surface area contributed by atoms with Crippen LogP contribution in [0.1, 0.15) is 17.6 Å². The Bertz CT molecular complexity index is 320. The minimum atomic E-state index is -2.58. The summed E-state index contributed by atoms with van der Waals surface area (Å²) in [6.45, 7) is 0. The van der Waals surface area contributed by atoms with Gasteiger partial charge in [0, 0.05) is 16.5 Å². The molecule has 0 aliphatic heterocycles. The van der Waals surface area contributed by atoms with Gasteiger partial charge in [-0.2, -0.15) is 0 Å². The first-order chi connectivity index (χ1) is 6.07. The van der Waals surface area contributed by atoms with Crippen LogP contribution in [-0.4, -0.2) is 4.98 Å². The molecule has 0 saturated heterocycles. The lowest BCUT2D eigenvalue weighted by Gasteiger charge is -2.09. The lowest BCUT2D eigenvalue weighted by molar-refractivity contribution is 0.149. The van der Waals surface area contributed by atoms with Crippen LogP contribution < -0.4 is 0 Å². The third-order valence-electron chi connectivity index (χ3n) is 1.48. The molecule has 0 spiro atoms. The van der Waals surface area contributed by atoms with Crippen molar-refractivity contribution in [2.75, 3.05) is 0 Å². The van der Waals surface area contributed by atoms with Crippen molar-refractivity contribution in [3.63, 3.8) is 0 Å². The van der Waals surface area contributed by atoms with E-state index in [-0.39, 0.29) is 16.0 Å². The molecule has 1 heterocycles. The van der Waals surface area contributed by atoms with Crippen molar-refractivity contribution in [1.29, 1.82) is 0 Å². The molecule has 1 aromatic rings. The summed E-state index contributed by atoms with van der Waals surface area (Å²) in [5, 5.41) is 0. The maximum Gasteiger partial charge on any atom is 0.266 e. The maximum atomic E-state index is 12.5. The minimum absolute atomic E-state index is 0.0291. The van der Waals surface area contributed by atoms with E-state index >= 15 is 0 Å². The van der Waals surface area contributed by atoms with Crippen molar-refractivity contribution in [1.82, 2.24) is 4.98 Å². The van der Waals surface area contributed by atoms with E-state index in [9.17, 15) is 8.78 Å². The van der Waals surface area contributed by atoms with Crippen molar-refractivity contribution in [3.8, 4) is 0 Å². The van der Waals surface area contributed by atoms with Crippen LogP contribution in [0.5, 0.6) is 0 Å². The molecule has 1 nitrogen and oxygen atoms in total. The van der Waals surface area contributed by atoms with Crippen LogP contribution in [0.3, 0.4) is 0 Å². The number of rotatable bonds is 2. The summed E-state index contributed by atoms with van der Waals surface area (Å²) in [4.78, 5) is 3.74. The normalized spacial score (nSPS) is 10.9. The zero-order valence-corrected chi connectivity index (χ0v) is 10.1. The van der Waals surface area contributed by atoms with E-state index in [1.54, 1.807) is 0 Å². The van der Waals surface area contributed by atoms with Crippen LogP contribution in [0.15, 0.2) is 15.3 Å². The predicted molar refractivity (Wildman–Crippen MR) is 54.2 cm³/mol. The number of pyridine rings is 1. The van der Waals surface area contributed by atoms with E-state index in [2.05, 4.69) is 36.8 Å². The van der Waals surface area contributed by atoms with Crippen molar-refractivity contribution in [2.24, 2.45) is 0 Å². The Morgan fingerprint density at radius 2 is 2.08 bits per heavy atom. The van der Waals surface area contributed by atoms with Gasteiger partial charge in [-0.3, -0.25) is 0 Å². The molecule has 0 atom stereocenters. The quantitative estimate of drug-likeness (QED) is 0.581. The second-order valence-corrected chi connectivity index (χ2v) is 4.10. The van der Waals surface area contributed by atoms with E-state index in [1.165, 1.54) is 6.20 Å². The van der Waals surface area contributed by atoms with E-state index in [1.807, 2.05) is 0 Å². The summed E-state index contributed by atoms with van der Waals surface area (Å²) in [5.41, 5.74) is 0.225. The van der Waals surface area contributed by atoms with Gasteiger partial charge in [-0.25, -0.2) is 13.8 Å². The molecule has 6 heteroatoms. The van der Waals surface area contributed by atoms with Crippen LogP contribution in [0.2, 0.25) is 0 Å². The zero-order chi connectivity index (χ0) is 10.0. The molecule has 1 rings (SSSR count). The highest BCUT2D eigenvalue weighted by Crippen LogP contribution is 2.33. The Morgan fingerprint density at radius 3 is 2.46 bits per heavy atom. The molecule has 13 heavy (non-hydrogen) atoms. The highest BCUT2D eigenvalue weighted by Gasteiger charge is 2.19. The number of nitrogens with zero attached hydrogens (tertiary/aromatic N) is 1. The summed E-state index contributed by atoms with van der Waals surface area (Å²) in [6.07, 6.45) is -1.14. The summed E-state index contributed by atoms with van der Waals surface area (Å²) in [6, 6.07) is 0. The van der Waals surface area contributed by atoms with E-state index < -0.39 is 6.43 Å². The van der Waals surface area contributed by atoms with Gasteiger partial charge in [-0.15, -0.1) is 11.6 Å².